The molecule has 0 radical (unpaired) electrons. The zero-order chi connectivity index (χ0) is 18.2. The summed E-state index contributed by atoms with van der Waals surface area (Å²) in [6, 6.07) is 18.1. The van der Waals surface area contributed by atoms with Gasteiger partial charge in [0.15, 0.2) is 0 Å². The average molecular weight is 353 g/mol. The molecule has 0 saturated carbocycles. The van der Waals surface area contributed by atoms with Gasteiger partial charge in [-0.3, -0.25) is 0 Å². The molecule has 2 aromatic rings. The van der Waals surface area contributed by atoms with E-state index in [1.807, 2.05) is 18.2 Å². The summed E-state index contributed by atoms with van der Waals surface area (Å²) in [6.45, 7) is 1.63. The maximum atomic E-state index is 12.1. The first-order valence-corrected chi connectivity index (χ1v) is 9.19. The third-order valence-corrected chi connectivity index (χ3v) is 4.81. The van der Waals surface area contributed by atoms with Gasteiger partial charge in [0.1, 0.15) is 5.75 Å². The number of rotatable bonds is 6. The molecule has 0 spiro atoms. The van der Waals surface area contributed by atoms with Crippen molar-refractivity contribution >= 4 is 11.7 Å². The minimum absolute atomic E-state index is 0.190. The van der Waals surface area contributed by atoms with Gasteiger partial charge < -0.3 is 20.7 Å². The zero-order valence-corrected chi connectivity index (χ0v) is 15.2. The van der Waals surface area contributed by atoms with E-state index in [1.54, 1.807) is 13.2 Å². The minimum atomic E-state index is -0.190. The summed E-state index contributed by atoms with van der Waals surface area (Å²) in [7, 11) is 1.61. The van der Waals surface area contributed by atoms with Crippen LogP contribution in [0.2, 0.25) is 0 Å². The molecular weight excluding hydrogens is 326 g/mol. The number of carbonyl (C=O) groups excluding carboxylic acids is 1. The lowest BCUT2D eigenvalue weighted by molar-refractivity contribution is 0.246. The molecule has 1 heterocycles. The Morgan fingerprint density at radius 2 is 2.04 bits per heavy atom. The monoisotopic (exact) mass is 353 g/mol. The van der Waals surface area contributed by atoms with Crippen molar-refractivity contribution in [3.63, 3.8) is 0 Å². The van der Waals surface area contributed by atoms with Gasteiger partial charge in [0.05, 0.1) is 7.11 Å². The third kappa shape index (κ3) is 5.49. The van der Waals surface area contributed by atoms with E-state index in [4.69, 9.17) is 4.74 Å². The first-order valence-electron chi connectivity index (χ1n) is 9.19. The normalized spacial score (nSPS) is 19.6. The number of urea groups is 1. The fraction of sp³-hybridized carbons (Fsp3) is 0.381. The molecule has 0 aromatic heterocycles. The largest absolute Gasteiger partial charge is 0.497 e. The van der Waals surface area contributed by atoms with Crippen molar-refractivity contribution in [1.82, 2.24) is 10.6 Å². The van der Waals surface area contributed by atoms with Gasteiger partial charge in [-0.1, -0.05) is 36.4 Å². The highest BCUT2D eigenvalue weighted by atomic mass is 16.5. The molecule has 5 nitrogen and oxygen atoms in total. The van der Waals surface area contributed by atoms with Gasteiger partial charge in [0, 0.05) is 24.3 Å². The highest BCUT2D eigenvalue weighted by Gasteiger charge is 2.22. The molecular formula is C21H27N3O2. The highest BCUT2D eigenvalue weighted by Crippen LogP contribution is 2.21. The van der Waals surface area contributed by atoms with Crippen LogP contribution in [0.15, 0.2) is 54.6 Å². The maximum Gasteiger partial charge on any atom is 0.319 e. The van der Waals surface area contributed by atoms with E-state index in [0.29, 0.717) is 18.5 Å². The van der Waals surface area contributed by atoms with Crippen molar-refractivity contribution in [2.45, 2.75) is 25.3 Å². The Morgan fingerprint density at radius 3 is 2.85 bits per heavy atom. The second-order valence-corrected chi connectivity index (χ2v) is 6.80. The second kappa shape index (κ2) is 9.25. The molecule has 3 N–H and O–H groups in total. The summed E-state index contributed by atoms with van der Waals surface area (Å²) in [5.41, 5.74) is 2.11. The second-order valence-electron chi connectivity index (χ2n) is 6.80. The average Bonchev–Trinajstić information content (AvgIpc) is 2.68. The topological polar surface area (TPSA) is 62.4 Å². The van der Waals surface area contributed by atoms with Gasteiger partial charge in [-0.2, -0.15) is 0 Å². The van der Waals surface area contributed by atoms with Crippen LogP contribution in [0.1, 0.15) is 18.4 Å². The summed E-state index contributed by atoms with van der Waals surface area (Å²) in [5, 5.41) is 9.33. The van der Waals surface area contributed by atoms with Crippen molar-refractivity contribution in [3.05, 3.63) is 60.2 Å². The predicted molar refractivity (Wildman–Crippen MR) is 105 cm³/mol. The molecule has 1 aliphatic rings. The van der Waals surface area contributed by atoms with Gasteiger partial charge in [-0.15, -0.1) is 0 Å². The van der Waals surface area contributed by atoms with Crippen LogP contribution >= 0.6 is 0 Å². The number of nitrogens with one attached hydrogen (secondary N) is 3. The summed E-state index contributed by atoms with van der Waals surface area (Å²) in [4.78, 5) is 12.1. The fourth-order valence-electron chi connectivity index (χ4n) is 3.48. The Kier molecular flexibility index (Phi) is 6.50. The van der Waals surface area contributed by atoms with Crippen LogP contribution in [0.5, 0.6) is 5.75 Å². The van der Waals surface area contributed by atoms with Gasteiger partial charge >= 0.3 is 6.03 Å². The number of benzene rings is 2. The molecule has 0 unspecified atom stereocenters. The lowest BCUT2D eigenvalue weighted by Gasteiger charge is -2.30. The summed E-state index contributed by atoms with van der Waals surface area (Å²) in [6.07, 6.45) is 3.37. The van der Waals surface area contributed by atoms with Crippen LogP contribution in [0.25, 0.3) is 0 Å². The lowest BCUT2D eigenvalue weighted by atomic mass is 9.87. The van der Waals surface area contributed by atoms with E-state index >= 15 is 0 Å². The van der Waals surface area contributed by atoms with Crippen molar-refractivity contribution in [2.24, 2.45) is 5.92 Å². The number of amides is 2. The zero-order valence-electron chi connectivity index (χ0n) is 15.2. The minimum Gasteiger partial charge on any atom is -0.497 e. The molecule has 2 amide bonds. The van der Waals surface area contributed by atoms with Crippen LogP contribution in [0.3, 0.4) is 0 Å². The number of carbonyl (C=O) groups is 1. The van der Waals surface area contributed by atoms with Gasteiger partial charge in [-0.25, -0.2) is 4.79 Å². The molecule has 0 aliphatic carbocycles. The first kappa shape index (κ1) is 18.3. The number of ether oxygens (including phenoxy) is 1. The van der Waals surface area contributed by atoms with Crippen LogP contribution < -0.4 is 20.7 Å². The lowest BCUT2D eigenvalue weighted by Crippen LogP contribution is -2.47. The Morgan fingerprint density at radius 1 is 1.19 bits per heavy atom. The Bertz CT molecular complexity index is 705. The van der Waals surface area contributed by atoms with Crippen molar-refractivity contribution in [2.75, 3.05) is 25.5 Å². The number of methoxy groups -OCH3 is 1. The van der Waals surface area contributed by atoms with Crippen molar-refractivity contribution < 1.29 is 9.53 Å². The van der Waals surface area contributed by atoms with E-state index in [9.17, 15) is 4.79 Å². The van der Waals surface area contributed by atoms with E-state index in [2.05, 4.69) is 46.3 Å². The van der Waals surface area contributed by atoms with Gasteiger partial charge in [0.25, 0.3) is 0 Å². The standard InChI is InChI=1S/C21H27N3O2/c1-26-20-9-5-8-18(14-20)24-21(25)23-15-19-13-17(10-11-22-19)12-16-6-3-2-4-7-16/h2-9,14,17,19,22H,10-13,15H2,1H3,(H2,23,24,25)/t17-,19-/m1/s1. The van der Waals surface area contributed by atoms with Crippen molar-refractivity contribution in [3.8, 4) is 5.75 Å². The van der Waals surface area contributed by atoms with E-state index in [-0.39, 0.29) is 6.03 Å². The molecule has 1 saturated heterocycles. The first-order chi connectivity index (χ1) is 12.7. The Hall–Kier alpha value is -2.53. The molecule has 2 atom stereocenters. The van der Waals surface area contributed by atoms with E-state index < -0.39 is 0 Å². The Labute approximate surface area is 155 Å². The number of hydrogen-bond acceptors (Lipinski definition) is 3. The molecule has 138 valence electrons. The predicted octanol–water partition coefficient (Wildman–Crippen LogP) is 3.43. The van der Waals surface area contributed by atoms with Gasteiger partial charge in [0.2, 0.25) is 0 Å². The van der Waals surface area contributed by atoms with E-state index in [1.165, 1.54) is 12.0 Å². The molecule has 1 fully saturated rings. The van der Waals surface area contributed by atoms with Crippen molar-refractivity contribution in [1.29, 1.82) is 0 Å². The third-order valence-electron chi connectivity index (χ3n) is 4.81. The Balaban J connectivity index is 1.44. The number of anilines is 1. The maximum absolute atomic E-state index is 12.1. The van der Waals surface area contributed by atoms with Gasteiger partial charge in [-0.05, 0) is 49.4 Å². The molecule has 3 rings (SSSR count). The summed E-state index contributed by atoms with van der Waals surface area (Å²) in [5.74, 6) is 1.38. The van der Waals surface area contributed by atoms with Crippen LogP contribution in [-0.2, 0) is 6.42 Å². The van der Waals surface area contributed by atoms with Crippen LogP contribution in [0.4, 0.5) is 10.5 Å². The van der Waals surface area contributed by atoms with E-state index in [0.717, 1.165) is 30.8 Å². The molecule has 0 bridgehead atoms. The molecule has 5 heteroatoms. The molecule has 2 aromatic carbocycles. The summed E-state index contributed by atoms with van der Waals surface area (Å²) < 4.78 is 5.17. The quantitative estimate of drug-likeness (QED) is 0.746. The summed E-state index contributed by atoms with van der Waals surface area (Å²) >= 11 is 0. The number of piperidine rings is 1. The SMILES string of the molecule is COc1cccc(NC(=O)NC[C@H]2C[C@@H](Cc3ccccc3)CCN2)c1. The van der Waals surface area contributed by atoms with Crippen LogP contribution in [-0.4, -0.2) is 32.3 Å². The fourth-order valence-corrected chi connectivity index (χ4v) is 3.48. The molecule has 26 heavy (non-hydrogen) atoms. The highest BCUT2D eigenvalue weighted by molar-refractivity contribution is 5.89. The molecule has 1 aliphatic heterocycles. The number of hydrogen-bond donors (Lipinski definition) is 3. The van der Waals surface area contributed by atoms with Crippen LogP contribution in [0, 0.1) is 5.92 Å². The smallest absolute Gasteiger partial charge is 0.319 e.